The fourth-order valence-electron chi connectivity index (χ4n) is 3.41. The average Bonchev–Trinajstić information content (AvgIpc) is 2.55. The van der Waals surface area contributed by atoms with Gasteiger partial charge >= 0.3 is 0 Å². The standard InChI is InChI=1S/C19H14ClNO/c20-15-9-10-19-14(11-15)7-4-8-17(19)16(12-21-18(19)22)13-5-2-1-3-6-13/h1-9,11-12H,10H2,(H,21,22). The molecule has 1 spiro atoms. The van der Waals surface area contributed by atoms with Gasteiger partial charge in [0, 0.05) is 16.8 Å². The number of benzene rings is 1. The summed E-state index contributed by atoms with van der Waals surface area (Å²) in [7, 11) is 0. The second-order valence-electron chi connectivity index (χ2n) is 5.64. The van der Waals surface area contributed by atoms with Crippen molar-refractivity contribution < 1.29 is 4.79 Å². The van der Waals surface area contributed by atoms with Crippen LogP contribution in [-0.2, 0) is 4.79 Å². The number of nitrogens with one attached hydrogen (secondary N) is 1. The molecule has 2 aliphatic carbocycles. The molecule has 1 heterocycles. The Morgan fingerprint density at radius 3 is 2.82 bits per heavy atom. The van der Waals surface area contributed by atoms with Gasteiger partial charge in [0.05, 0.1) is 0 Å². The molecule has 1 unspecified atom stereocenters. The van der Waals surface area contributed by atoms with E-state index in [1.807, 2.05) is 54.8 Å². The molecule has 3 heteroatoms. The van der Waals surface area contributed by atoms with Crippen molar-refractivity contribution in [2.24, 2.45) is 5.41 Å². The predicted molar refractivity (Wildman–Crippen MR) is 88.9 cm³/mol. The van der Waals surface area contributed by atoms with Gasteiger partial charge in [-0.1, -0.05) is 66.2 Å². The van der Waals surface area contributed by atoms with E-state index >= 15 is 0 Å². The van der Waals surface area contributed by atoms with Crippen LogP contribution in [0, 0.1) is 5.41 Å². The molecule has 1 N–H and O–H groups in total. The van der Waals surface area contributed by atoms with E-state index in [1.54, 1.807) is 0 Å². The first kappa shape index (κ1) is 13.4. The molecule has 3 aliphatic rings. The SMILES string of the molecule is O=C1NC=C(c2ccccc2)C2=CC=CC3=CC(Cl)=CCC132. The van der Waals surface area contributed by atoms with Gasteiger partial charge in [0.2, 0.25) is 5.91 Å². The van der Waals surface area contributed by atoms with E-state index < -0.39 is 5.41 Å². The van der Waals surface area contributed by atoms with Crippen molar-refractivity contribution in [2.45, 2.75) is 6.42 Å². The normalized spacial score (nSPS) is 26.0. The largest absolute Gasteiger partial charge is 0.331 e. The minimum Gasteiger partial charge on any atom is -0.331 e. The van der Waals surface area contributed by atoms with Crippen LogP contribution in [0.2, 0.25) is 0 Å². The van der Waals surface area contributed by atoms with Crippen molar-refractivity contribution in [3.63, 3.8) is 0 Å². The summed E-state index contributed by atoms with van der Waals surface area (Å²) in [4.78, 5) is 12.7. The number of amides is 1. The molecule has 1 atom stereocenters. The maximum Gasteiger partial charge on any atom is 0.239 e. The van der Waals surface area contributed by atoms with E-state index in [0.717, 1.165) is 22.3 Å². The number of hydrogen-bond donors (Lipinski definition) is 1. The van der Waals surface area contributed by atoms with E-state index in [9.17, 15) is 4.79 Å². The van der Waals surface area contributed by atoms with Crippen LogP contribution in [0.5, 0.6) is 0 Å². The highest BCUT2D eigenvalue weighted by atomic mass is 35.5. The molecular weight excluding hydrogens is 294 g/mol. The molecule has 108 valence electrons. The lowest BCUT2D eigenvalue weighted by Gasteiger charge is -2.42. The molecule has 1 aromatic rings. The first-order valence-corrected chi connectivity index (χ1v) is 7.63. The van der Waals surface area contributed by atoms with Crippen molar-refractivity contribution in [3.05, 3.63) is 88.7 Å². The Balaban J connectivity index is 1.91. The van der Waals surface area contributed by atoms with E-state index in [1.165, 1.54) is 0 Å². The third kappa shape index (κ3) is 1.77. The van der Waals surface area contributed by atoms with Crippen LogP contribution in [0.3, 0.4) is 0 Å². The Hall–Kier alpha value is -2.32. The minimum atomic E-state index is -0.660. The van der Waals surface area contributed by atoms with Crippen LogP contribution in [0.15, 0.2) is 83.1 Å². The summed E-state index contributed by atoms with van der Waals surface area (Å²) in [6, 6.07) is 10.1. The fourth-order valence-corrected chi connectivity index (χ4v) is 3.60. The molecule has 0 radical (unpaired) electrons. The summed E-state index contributed by atoms with van der Waals surface area (Å²) in [6.07, 6.45) is 12.2. The van der Waals surface area contributed by atoms with Crippen LogP contribution in [0.1, 0.15) is 12.0 Å². The van der Waals surface area contributed by atoms with Crippen LogP contribution >= 0.6 is 11.6 Å². The Morgan fingerprint density at radius 1 is 1.18 bits per heavy atom. The fraction of sp³-hybridized carbons (Fsp3) is 0.105. The lowest BCUT2D eigenvalue weighted by atomic mass is 9.62. The number of carbonyl (C=O) groups is 1. The molecule has 0 bridgehead atoms. The Kier molecular flexibility index (Phi) is 2.95. The summed E-state index contributed by atoms with van der Waals surface area (Å²) < 4.78 is 0. The lowest BCUT2D eigenvalue weighted by molar-refractivity contribution is -0.126. The number of rotatable bonds is 1. The maximum atomic E-state index is 12.7. The maximum absolute atomic E-state index is 12.7. The Bertz CT molecular complexity index is 811. The molecule has 0 aromatic heterocycles. The van der Waals surface area contributed by atoms with Crippen molar-refractivity contribution in [2.75, 3.05) is 0 Å². The van der Waals surface area contributed by atoms with Gasteiger partial charge in [0.25, 0.3) is 0 Å². The molecule has 2 nitrogen and oxygen atoms in total. The Morgan fingerprint density at radius 2 is 2.00 bits per heavy atom. The van der Waals surface area contributed by atoms with Crippen LogP contribution < -0.4 is 5.32 Å². The zero-order valence-corrected chi connectivity index (χ0v) is 12.6. The van der Waals surface area contributed by atoms with Crippen molar-refractivity contribution in [1.82, 2.24) is 5.32 Å². The molecule has 4 rings (SSSR count). The number of allylic oxidation sites excluding steroid dienone is 7. The summed E-state index contributed by atoms with van der Waals surface area (Å²) in [5.41, 5.74) is 3.49. The molecule has 1 aliphatic heterocycles. The zero-order chi connectivity index (χ0) is 15.2. The average molecular weight is 308 g/mol. The van der Waals surface area contributed by atoms with Gasteiger partial charge in [-0.05, 0) is 29.2 Å². The summed E-state index contributed by atoms with van der Waals surface area (Å²) in [5.74, 6) is 0.00875. The van der Waals surface area contributed by atoms with Crippen LogP contribution in [-0.4, -0.2) is 5.91 Å². The zero-order valence-electron chi connectivity index (χ0n) is 11.8. The van der Waals surface area contributed by atoms with Gasteiger partial charge in [-0.3, -0.25) is 4.79 Å². The van der Waals surface area contributed by atoms with Crippen LogP contribution in [0.25, 0.3) is 5.57 Å². The van der Waals surface area contributed by atoms with Gasteiger partial charge in [-0.2, -0.15) is 0 Å². The molecule has 1 amide bonds. The molecular formula is C19H14ClNO. The second kappa shape index (κ2) is 4.85. The van der Waals surface area contributed by atoms with E-state index in [4.69, 9.17) is 11.6 Å². The van der Waals surface area contributed by atoms with Crippen molar-refractivity contribution in [1.29, 1.82) is 0 Å². The van der Waals surface area contributed by atoms with Gasteiger partial charge in [0.15, 0.2) is 0 Å². The van der Waals surface area contributed by atoms with E-state index in [-0.39, 0.29) is 5.91 Å². The highest BCUT2D eigenvalue weighted by molar-refractivity contribution is 6.31. The van der Waals surface area contributed by atoms with Gasteiger partial charge < -0.3 is 5.32 Å². The predicted octanol–water partition coefficient (Wildman–Crippen LogP) is 4.09. The second-order valence-corrected chi connectivity index (χ2v) is 6.07. The Labute approximate surface area is 134 Å². The van der Waals surface area contributed by atoms with E-state index in [0.29, 0.717) is 11.5 Å². The quantitative estimate of drug-likeness (QED) is 0.832. The summed E-state index contributed by atoms with van der Waals surface area (Å²) in [5, 5.41) is 3.64. The third-order valence-corrected chi connectivity index (χ3v) is 4.76. The molecule has 0 saturated heterocycles. The number of halogens is 1. The van der Waals surface area contributed by atoms with Crippen LogP contribution in [0.4, 0.5) is 0 Å². The first-order valence-electron chi connectivity index (χ1n) is 7.25. The topological polar surface area (TPSA) is 29.1 Å². The monoisotopic (exact) mass is 307 g/mol. The van der Waals surface area contributed by atoms with Crippen molar-refractivity contribution >= 4 is 23.1 Å². The smallest absolute Gasteiger partial charge is 0.239 e. The highest BCUT2D eigenvalue weighted by Gasteiger charge is 2.48. The lowest BCUT2D eigenvalue weighted by Crippen LogP contribution is -2.46. The third-order valence-electron chi connectivity index (χ3n) is 4.50. The van der Waals surface area contributed by atoms with Gasteiger partial charge in [-0.25, -0.2) is 0 Å². The van der Waals surface area contributed by atoms with Crippen molar-refractivity contribution in [3.8, 4) is 0 Å². The molecule has 0 saturated carbocycles. The summed E-state index contributed by atoms with van der Waals surface area (Å²) >= 11 is 6.15. The molecule has 1 aromatic carbocycles. The summed E-state index contributed by atoms with van der Waals surface area (Å²) in [6.45, 7) is 0. The van der Waals surface area contributed by atoms with Gasteiger partial charge in [0.1, 0.15) is 5.41 Å². The first-order chi connectivity index (χ1) is 10.7. The number of hydrogen-bond acceptors (Lipinski definition) is 1. The number of carbonyl (C=O) groups excluding carboxylic acids is 1. The van der Waals surface area contributed by atoms with E-state index in [2.05, 4.69) is 17.4 Å². The molecule has 0 fully saturated rings. The minimum absolute atomic E-state index is 0.00875. The highest BCUT2D eigenvalue weighted by Crippen LogP contribution is 2.52. The molecule has 22 heavy (non-hydrogen) atoms. The van der Waals surface area contributed by atoms with Gasteiger partial charge in [-0.15, -0.1) is 0 Å².